The first kappa shape index (κ1) is 20.9. The van der Waals surface area contributed by atoms with Gasteiger partial charge >= 0.3 is 0 Å². The van der Waals surface area contributed by atoms with Gasteiger partial charge in [0.15, 0.2) is 4.34 Å². The smallest absolute Gasteiger partial charge is 0.256 e. The average molecular weight is 440 g/mol. The van der Waals surface area contributed by atoms with Crippen LogP contribution in [0.2, 0.25) is 0 Å². The lowest BCUT2D eigenvalue weighted by atomic mass is 10.1. The van der Waals surface area contributed by atoms with E-state index in [0.717, 1.165) is 46.2 Å². The van der Waals surface area contributed by atoms with Gasteiger partial charge in [0.1, 0.15) is 0 Å². The molecule has 2 aromatic carbocycles. The number of carbonyl (C=O) groups excluding carboxylic acids is 2. The maximum atomic E-state index is 13.0. The SMILES string of the molecule is CC(C)CSc1nc2ccc(NC(=O)c3ccccc3C(=O)N3CCCC3)cc2s1. The highest BCUT2D eigenvalue weighted by molar-refractivity contribution is 8.01. The van der Waals surface area contributed by atoms with Gasteiger partial charge in [0, 0.05) is 24.5 Å². The molecule has 1 aliphatic heterocycles. The molecule has 30 heavy (non-hydrogen) atoms. The van der Waals surface area contributed by atoms with E-state index < -0.39 is 0 Å². The van der Waals surface area contributed by atoms with Crippen molar-refractivity contribution in [1.29, 1.82) is 0 Å². The third-order valence-electron chi connectivity index (χ3n) is 4.96. The van der Waals surface area contributed by atoms with Crippen LogP contribution in [0.1, 0.15) is 47.4 Å². The molecule has 0 saturated carbocycles. The van der Waals surface area contributed by atoms with Crippen molar-refractivity contribution in [1.82, 2.24) is 9.88 Å². The van der Waals surface area contributed by atoms with E-state index in [1.807, 2.05) is 23.1 Å². The minimum atomic E-state index is -0.267. The van der Waals surface area contributed by atoms with Crippen molar-refractivity contribution in [3.8, 4) is 0 Å². The molecule has 156 valence electrons. The van der Waals surface area contributed by atoms with Crippen LogP contribution in [0.3, 0.4) is 0 Å². The number of thioether (sulfide) groups is 1. The summed E-state index contributed by atoms with van der Waals surface area (Å²) in [6.07, 6.45) is 2.04. The van der Waals surface area contributed by atoms with Crippen LogP contribution in [0.25, 0.3) is 10.2 Å². The number of nitrogens with zero attached hydrogens (tertiary/aromatic N) is 2. The second kappa shape index (κ2) is 9.18. The van der Waals surface area contributed by atoms with Crippen LogP contribution in [-0.4, -0.2) is 40.5 Å². The van der Waals surface area contributed by atoms with E-state index in [0.29, 0.717) is 22.7 Å². The summed E-state index contributed by atoms with van der Waals surface area (Å²) in [5.74, 6) is 1.31. The molecule has 0 atom stereocenters. The van der Waals surface area contributed by atoms with E-state index in [9.17, 15) is 9.59 Å². The van der Waals surface area contributed by atoms with E-state index >= 15 is 0 Å². The number of nitrogens with one attached hydrogen (secondary N) is 1. The highest BCUT2D eigenvalue weighted by Crippen LogP contribution is 2.32. The summed E-state index contributed by atoms with van der Waals surface area (Å²) in [7, 11) is 0. The molecule has 1 aromatic heterocycles. The summed E-state index contributed by atoms with van der Waals surface area (Å²) in [5, 5.41) is 2.96. The van der Waals surface area contributed by atoms with Crippen molar-refractivity contribution in [3.63, 3.8) is 0 Å². The van der Waals surface area contributed by atoms with Gasteiger partial charge in [-0.2, -0.15) is 0 Å². The van der Waals surface area contributed by atoms with Gasteiger partial charge in [-0.3, -0.25) is 9.59 Å². The van der Waals surface area contributed by atoms with Crippen molar-refractivity contribution >= 4 is 50.8 Å². The summed E-state index contributed by atoms with van der Waals surface area (Å²) >= 11 is 3.41. The lowest BCUT2D eigenvalue weighted by Gasteiger charge is -2.17. The second-order valence-electron chi connectivity index (χ2n) is 7.87. The molecule has 0 aliphatic carbocycles. The summed E-state index contributed by atoms with van der Waals surface area (Å²) in [5.41, 5.74) is 2.52. The van der Waals surface area contributed by atoms with Gasteiger partial charge in [0.2, 0.25) is 0 Å². The van der Waals surface area contributed by atoms with Crippen LogP contribution < -0.4 is 5.32 Å². The summed E-state index contributed by atoms with van der Waals surface area (Å²) in [6.45, 7) is 5.91. The first-order valence-electron chi connectivity index (χ1n) is 10.2. The highest BCUT2D eigenvalue weighted by Gasteiger charge is 2.24. The number of likely N-dealkylation sites (tertiary alicyclic amines) is 1. The average Bonchev–Trinajstić information content (AvgIpc) is 3.41. The van der Waals surface area contributed by atoms with Gasteiger partial charge < -0.3 is 10.2 Å². The molecule has 1 fully saturated rings. The molecule has 7 heteroatoms. The Bertz CT molecular complexity index is 1070. The maximum Gasteiger partial charge on any atom is 0.256 e. The lowest BCUT2D eigenvalue weighted by Crippen LogP contribution is -2.29. The first-order valence-corrected chi connectivity index (χ1v) is 12.0. The summed E-state index contributed by atoms with van der Waals surface area (Å²) in [6, 6.07) is 12.8. The number of benzene rings is 2. The molecular formula is C23H25N3O2S2. The molecule has 0 radical (unpaired) electrons. The molecule has 1 N–H and O–H groups in total. The predicted octanol–water partition coefficient (Wildman–Crippen LogP) is 5.53. The molecule has 1 aliphatic rings. The number of amides is 2. The highest BCUT2D eigenvalue weighted by atomic mass is 32.2. The fourth-order valence-corrected chi connectivity index (χ4v) is 5.52. The van der Waals surface area contributed by atoms with E-state index in [2.05, 4.69) is 24.1 Å². The number of fused-ring (bicyclic) bond motifs is 1. The third-order valence-corrected chi connectivity index (χ3v) is 7.55. The van der Waals surface area contributed by atoms with Crippen LogP contribution in [0.5, 0.6) is 0 Å². The van der Waals surface area contributed by atoms with Crippen molar-refractivity contribution in [2.45, 2.75) is 31.0 Å². The van der Waals surface area contributed by atoms with Crippen LogP contribution in [0.4, 0.5) is 5.69 Å². The zero-order valence-electron chi connectivity index (χ0n) is 17.2. The Balaban J connectivity index is 1.52. The van der Waals surface area contributed by atoms with Crippen molar-refractivity contribution in [3.05, 3.63) is 53.6 Å². The quantitative estimate of drug-likeness (QED) is 0.513. The molecule has 2 heterocycles. The molecule has 0 bridgehead atoms. The first-order chi connectivity index (χ1) is 14.5. The lowest BCUT2D eigenvalue weighted by molar-refractivity contribution is 0.0787. The van der Waals surface area contributed by atoms with E-state index in [1.165, 1.54) is 0 Å². The summed E-state index contributed by atoms with van der Waals surface area (Å²) < 4.78 is 2.09. The number of rotatable bonds is 6. The van der Waals surface area contributed by atoms with Gasteiger partial charge in [-0.15, -0.1) is 11.3 Å². The molecule has 3 aromatic rings. The van der Waals surface area contributed by atoms with Gasteiger partial charge in [-0.25, -0.2) is 4.98 Å². The van der Waals surface area contributed by atoms with E-state index in [4.69, 9.17) is 0 Å². The van der Waals surface area contributed by atoms with Crippen LogP contribution in [0.15, 0.2) is 46.8 Å². The second-order valence-corrected chi connectivity index (χ2v) is 10.2. The zero-order valence-corrected chi connectivity index (χ0v) is 18.8. The largest absolute Gasteiger partial charge is 0.339 e. The number of anilines is 1. The van der Waals surface area contributed by atoms with E-state index in [1.54, 1.807) is 47.4 Å². The predicted molar refractivity (Wildman–Crippen MR) is 125 cm³/mol. The van der Waals surface area contributed by atoms with Crippen molar-refractivity contribution < 1.29 is 9.59 Å². The van der Waals surface area contributed by atoms with Crippen LogP contribution in [0, 0.1) is 5.92 Å². The number of hydrogen-bond acceptors (Lipinski definition) is 5. The number of aromatic nitrogens is 1. The molecule has 5 nitrogen and oxygen atoms in total. The Labute approximate surface area is 184 Å². The Kier molecular flexibility index (Phi) is 6.39. The number of thiazole rings is 1. The molecule has 4 rings (SSSR count). The minimum Gasteiger partial charge on any atom is -0.339 e. The van der Waals surface area contributed by atoms with Crippen LogP contribution >= 0.6 is 23.1 Å². The molecular weight excluding hydrogens is 414 g/mol. The third kappa shape index (κ3) is 4.68. The zero-order chi connectivity index (χ0) is 21.1. The van der Waals surface area contributed by atoms with Gasteiger partial charge in [-0.05, 0) is 49.1 Å². The minimum absolute atomic E-state index is 0.0667. The van der Waals surface area contributed by atoms with Crippen molar-refractivity contribution in [2.75, 3.05) is 24.2 Å². The molecule has 0 spiro atoms. The Hall–Kier alpha value is -2.38. The Morgan fingerprint density at radius 2 is 1.87 bits per heavy atom. The fourth-order valence-electron chi connectivity index (χ4n) is 3.44. The van der Waals surface area contributed by atoms with E-state index in [-0.39, 0.29) is 11.8 Å². The molecule has 0 unspecified atom stereocenters. The monoisotopic (exact) mass is 439 g/mol. The summed E-state index contributed by atoms with van der Waals surface area (Å²) in [4.78, 5) is 32.3. The fraction of sp³-hybridized carbons (Fsp3) is 0.348. The Morgan fingerprint density at radius 1 is 1.13 bits per heavy atom. The van der Waals surface area contributed by atoms with Gasteiger partial charge in [0.05, 0.1) is 21.3 Å². The number of carbonyl (C=O) groups is 2. The standard InChI is InChI=1S/C23H25N3O2S2/c1-15(2)14-29-23-25-19-10-9-16(13-20(19)30-23)24-21(27)17-7-3-4-8-18(17)22(28)26-11-5-6-12-26/h3-4,7-10,13,15H,5-6,11-12,14H2,1-2H3,(H,24,27). The van der Waals surface area contributed by atoms with Gasteiger partial charge in [0.25, 0.3) is 11.8 Å². The van der Waals surface area contributed by atoms with Crippen LogP contribution in [-0.2, 0) is 0 Å². The number of hydrogen-bond donors (Lipinski definition) is 1. The molecule has 1 saturated heterocycles. The normalized spacial score (nSPS) is 13.9. The topological polar surface area (TPSA) is 62.3 Å². The molecule has 2 amide bonds. The maximum absolute atomic E-state index is 13.0. The van der Waals surface area contributed by atoms with Crippen molar-refractivity contribution in [2.24, 2.45) is 5.92 Å². The Morgan fingerprint density at radius 3 is 2.60 bits per heavy atom. The van der Waals surface area contributed by atoms with Gasteiger partial charge in [-0.1, -0.05) is 37.7 Å².